The summed E-state index contributed by atoms with van der Waals surface area (Å²) in [6.45, 7) is 6.66. The Kier molecular flexibility index (Phi) is 5.89. The van der Waals surface area contributed by atoms with Gasteiger partial charge in [-0.25, -0.2) is 4.79 Å². The van der Waals surface area contributed by atoms with E-state index in [1.54, 1.807) is 6.08 Å². The van der Waals surface area contributed by atoms with E-state index in [-0.39, 0.29) is 5.78 Å². The molecule has 1 fully saturated rings. The van der Waals surface area contributed by atoms with E-state index in [2.05, 4.69) is 36.3 Å². The SMILES string of the molecule is Cc1ccc(Cn2nc(C)c(/C=C/C(=O)OC3CCCCC3=O)c2C)cc1. The number of esters is 1. The fourth-order valence-electron chi connectivity index (χ4n) is 3.38. The molecule has 2 aromatic rings. The van der Waals surface area contributed by atoms with Gasteiger partial charge in [0, 0.05) is 23.8 Å². The lowest BCUT2D eigenvalue weighted by molar-refractivity contribution is -0.152. The van der Waals surface area contributed by atoms with Gasteiger partial charge in [0.05, 0.1) is 12.2 Å². The van der Waals surface area contributed by atoms with Gasteiger partial charge in [-0.05, 0) is 51.7 Å². The number of hydrogen-bond acceptors (Lipinski definition) is 4. The second kappa shape index (κ2) is 8.33. The first-order valence-electron chi connectivity index (χ1n) is 9.45. The number of aromatic nitrogens is 2. The Morgan fingerprint density at radius 2 is 1.96 bits per heavy atom. The van der Waals surface area contributed by atoms with Crippen molar-refractivity contribution in [3.05, 3.63) is 58.4 Å². The van der Waals surface area contributed by atoms with E-state index < -0.39 is 12.1 Å². The fourth-order valence-corrected chi connectivity index (χ4v) is 3.38. The van der Waals surface area contributed by atoms with E-state index in [4.69, 9.17) is 4.74 Å². The third kappa shape index (κ3) is 4.73. The molecule has 0 aliphatic heterocycles. The van der Waals surface area contributed by atoms with E-state index in [1.165, 1.54) is 17.2 Å². The molecule has 1 aromatic carbocycles. The van der Waals surface area contributed by atoms with E-state index in [1.807, 2.05) is 18.5 Å². The number of carbonyl (C=O) groups excluding carboxylic acids is 2. The highest BCUT2D eigenvalue weighted by atomic mass is 16.5. The lowest BCUT2D eigenvalue weighted by Crippen LogP contribution is -2.29. The Hall–Kier alpha value is -2.69. The highest BCUT2D eigenvalue weighted by molar-refractivity contribution is 5.91. The summed E-state index contributed by atoms with van der Waals surface area (Å²) in [7, 11) is 0. The number of hydrogen-bond donors (Lipinski definition) is 0. The number of ketones is 1. The second-order valence-electron chi connectivity index (χ2n) is 7.20. The molecule has 5 nitrogen and oxygen atoms in total. The molecule has 1 atom stereocenters. The van der Waals surface area contributed by atoms with Gasteiger partial charge in [0.25, 0.3) is 0 Å². The van der Waals surface area contributed by atoms with Crippen molar-refractivity contribution in [2.75, 3.05) is 0 Å². The van der Waals surface area contributed by atoms with Crippen molar-refractivity contribution in [3.63, 3.8) is 0 Å². The molecule has 0 amide bonds. The monoisotopic (exact) mass is 366 g/mol. The molecule has 0 radical (unpaired) electrons. The van der Waals surface area contributed by atoms with Crippen LogP contribution in [0.2, 0.25) is 0 Å². The molecular formula is C22H26N2O3. The number of nitrogens with zero attached hydrogens (tertiary/aromatic N) is 2. The van der Waals surface area contributed by atoms with E-state index in [0.717, 1.165) is 29.8 Å². The van der Waals surface area contributed by atoms with Crippen LogP contribution in [0.15, 0.2) is 30.3 Å². The van der Waals surface area contributed by atoms with Crippen LogP contribution in [-0.4, -0.2) is 27.6 Å². The summed E-state index contributed by atoms with van der Waals surface area (Å²) < 4.78 is 7.26. The molecule has 0 spiro atoms. The predicted molar refractivity (Wildman–Crippen MR) is 104 cm³/mol. The van der Waals surface area contributed by atoms with Crippen LogP contribution >= 0.6 is 0 Å². The van der Waals surface area contributed by atoms with Gasteiger partial charge in [-0.1, -0.05) is 29.8 Å². The van der Waals surface area contributed by atoms with Gasteiger partial charge in [-0.2, -0.15) is 5.10 Å². The van der Waals surface area contributed by atoms with Gasteiger partial charge in [0.15, 0.2) is 11.9 Å². The van der Waals surface area contributed by atoms with Gasteiger partial charge in [-0.15, -0.1) is 0 Å². The molecule has 1 unspecified atom stereocenters. The first-order chi connectivity index (χ1) is 12.9. The minimum atomic E-state index is -0.581. The lowest BCUT2D eigenvalue weighted by atomic mass is 9.96. The number of aryl methyl sites for hydroxylation is 2. The first kappa shape index (κ1) is 19.1. The molecule has 1 aliphatic carbocycles. The molecule has 3 rings (SSSR count). The topological polar surface area (TPSA) is 61.2 Å². The van der Waals surface area contributed by atoms with Crippen LogP contribution in [0.1, 0.15) is 53.8 Å². The van der Waals surface area contributed by atoms with E-state index in [9.17, 15) is 9.59 Å². The lowest BCUT2D eigenvalue weighted by Gasteiger charge is -2.19. The highest BCUT2D eigenvalue weighted by Crippen LogP contribution is 2.19. The summed E-state index contributed by atoms with van der Waals surface area (Å²) in [5.41, 5.74) is 5.17. The average Bonchev–Trinajstić information content (AvgIpc) is 2.90. The number of carbonyl (C=O) groups is 2. The van der Waals surface area contributed by atoms with Crippen molar-refractivity contribution in [2.24, 2.45) is 0 Å². The van der Waals surface area contributed by atoms with Crippen molar-refractivity contribution in [2.45, 2.75) is 59.1 Å². The minimum Gasteiger partial charge on any atom is -0.451 e. The maximum Gasteiger partial charge on any atom is 0.331 e. The fraction of sp³-hybridized carbons (Fsp3) is 0.409. The highest BCUT2D eigenvalue weighted by Gasteiger charge is 2.25. The molecule has 1 aromatic heterocycles. The molecule has 0 saturated heterocycles. The van der Waals surface area contributed by atoms with Gasteiger partial charge in [0.1, 0.15) is 0 Å². The Balaban J connectivity index is 1.68. The van der Waals surface area contributed by atoms with Gasteiger partial charge in [0.2, 0.25) is 0 Å². The molecule has 0 N–H and O–H groups in total. The van der Waals surface area contributed by atoms with Crippen LogP contribution < -0.4 is 0 Å². The first-order valence-corrected chi connectivity index (χ1v) is 9.45. The Morgan fingerprint density at radius 1 is 1.22 bits per heavy atom. The second-order valence-corrected chi connectivity index (χ2v) is 7.20. The molecule has 142 valence electrons. The maximum absolute atomic E-state index is 12.1. The Labute approximate surface area is 160 Å². The summed E-state index contributed by atoms with van der Waals surface area (Å²) >= 11 is 0. The largest absolute Gasteiger partial charge is 0.451 e. The summed E-state index contributed by atoms with van der Waals surface area (Å²) in [6, 6.07) is 8.37. The van der Waals surface area contributed by atoms with Crippen molar-refractivity contribution in [1.29, 1.82) is 0 Å². The van der Waals surface area contributed by atoms with Crippen LogP contribution in [0.25, 0.3) is 6.08 Å². The van der Waals surface area contributed by atoms with E-state index >= 15 is 0 Å². The summed E-state index contributed by atoms with van der Waals surface area (Å²) in [5, 5.41) is 4.59. The van der Waals surface area contributed by atoms with E-state index in [0.29, 0.717) is 19.4 Å². The molecule has 27 heavy (non-hydrogen) atoms. The maximum atomic E-state index is 12.1. The van der Waals surface area contributed by atoms with Crippen molar-refractivity contribution in [1.82, 2.24) is 9.78 Å². The molecular weight excluding hydrogens is 340 g/mol. The standard InChI is InChI=1S/C22H26N2O3/c1-15-8-10-18(11-9-15)14-24-17(3)19(16(2)23-24)12-13-22(26)27-21-7-5-4-6-20(21)25/h8-13,21H,4-7,14H2,1-3H3/b13-12+. The number of benzene rings is 1. The average molecular weight is 366 g/mol. The number of rotatable bonds is 5. The quantitative estimate of drug-likeness (QED) is 0.594. The zero-order valence-electron chi connectivity index (χ0n) is 16.2. The summed E-state index contributed by atoms with van der Waals surface area (Å²) in [5.74, 6) is -0.443. The van der Waals surface area contributed by atoms with Crippen molar-refractivity contribution in [3.8, 4) is 0 Å². The smallest absolute Gasteiger partial charge is 0.331 e. The summed E-state index contributed by atoms with van der Waals surface area (Å²) in [6.07, 6.45) is 5.51. The van der Waals surface area contributed by atoms with Crippen LogP contribution in [0, 0.1) is 20.8 Å². The molecule has 0 bridgehead atoms. The zero-order valence-corrected chi connectivity index (χ0v) is 16.2. The predicted octanol–water partition coefficient (Wildman–Crippen LogP) is 3.92. The summed E-state index contributed by atoms with van der Waals surface area (Å²) in [4.78, 5) is 23.9. The zero-order chi connectivity index (χ0) is 19.4. The van der Waals surface area contributed by atoms with Crippen molar-refractivity contribution >= 4 is 17.8 Å². The third-order valence-electron chi connectivity index (χ3n) is 5.03. The molecule has 5 heteroatoms. The van der Waals surface area contributed by atoms with Crippen LogP contribution in [0.4, 0.5) is 0 Å². The van der Waals surface area contributed by atoms with Gasteiger partial charge in [-0.3, -0.25) is 9.48 Å². The minimum absolute atomic E-state index is 0.0290. The molecule has 1 aliphatic rings. The third-order valence-corrected chi connectivity index (χ3v) is 5.03. The number of ether oxygens (including phenoxy) is 1. The van der Waals surface area contributed by atoms with Crippen molar-refractivity contribution < 1.29 is 14.3 Å². The van der Waals surface area contributed by atoms with Crippen LogP contribution in [0.5, 0.6) is 0 Å². The van der Waals surface area contributed by atoms with Crippen LogP contribution in [0.3, 0.4) is 0 Å². The van der Waals surface area contributed by atoms with Crippen LogP contribution in [-0.2, 0) is 20.9 Å². The normalized spacial score (nSPS) is 17.4. The Bertz CT molecular complexity index is 862. The Morgan fingerprint density at radius 3 is 2.67 bits per heavy atom. The van der Waals surface area contributed by atoms with Gasteiger partial charge < -0.3 is 4.74 Å². The molecule has 1 saturated carbocycles. The van der Waals surface area contributed by atoms with Gasteiger partial charge >= 0.3 is 5.97 Å². The number of Topliss-reactive ketones (excluding diaryl/α,β-unsaturated/α-hetero) is 1. The molecule has 1 heterocycles.